The van der Waals surface area contributed by atoms with Crippen LogP contribution < -0.4 is 5.32 Å². The molecule has 4 heteroatoms. The zero-order chi connectivity index (χ0) is 13.0. The van der Waals surface area contributed by atoms with Gasteiger partial charge in [0.05, 0.1) is 5.92 Å². The number of carbonyl (C=O) groups excluding carboxylic acids is 1. The molecule has 2 atom stereocenters. The molecule has 0 aromatic heterocycles. The number of carbonyl (C=O) groups is 2. The second kappa shape index (κ2) is 5.85. The number of carboxylic acids is 1. The van der Waals surface area contributed by atoms with Gasteiger partial charge in [-0.15, -0.1) is 0 Å². The molecule has 0 heterocycles. The van der Waals surface area contributed by atoms with Crippen LogP contribution in [0.1, 0.15) is 38.5 Å². The maximum Gasteiger partial charge on any atom is 0.310 e. The molecular weight excluding hydrogens is 230 g/mol. The van der Waals surface area contributed by atoms with Gasteiger partial charge in [0, 0.05) is 12.5 Å². The predicted molar refractivity (Wildman–Crippen MR) is 68.0 cm³/mol. The Morgan fingerprint density at radius 2 is 2.17 bits per heavy atom. The topological polar surface area (TPSA) is 66.4 Å². The van der Waals surface area contributed by atoms with E-state index in [1.54, 1.807) is 12.2 Å². The second-order valence-corrected chi connectivity index (χ2v) is 5.02. The number of amides is 1. The number of hydrogen-bond donors (Lipinski definition) is 2. The van der Waals surface area contributed by atoms with Crippen molar-refractivity contribution < 1.29 is 14.7 Å². The number of nitrogens with one attached hydrogen (secondary N) is 1. The second-order valence-electron chi connectivity index (χ2n) is 5.02. The average Bonchev–Trinajstić information content (AvgIpc) is 2.78. The monoisotopic (exact) mass is 249 g/mol. The molecule has 4 nitrogen and oxygen atoms in total. The fraction of sp³-hybridized carbons (Fsp3) is 0.571. The summed E-state index contributed by atoms with van der Waals surface area (Å²) in [6.07, 6.45) is 11.0. The van der Waals surface area contributed by atoms with Gasteiger partial charge < -0.3 is 10.4 Å². The molecule has 0 spiro atoms. The van der Waals surface area contributed by atoms with E-state index in [1.165, 1.54) is 18.4 Å². The quantitative estimate of drug-likeness (QED) is 0.749. The highest BCUT2D eigenvalue weighted by atomic mass is 16.4. The van der Waals surface area contributed by atoms with Crippen LogP contribution >= 0.6 is 0 Å². The molecule has 2 rings (SSSR count). The van der Waals surface area contributed by atoms with E-state index in [1.807, 2.05) is 0 Å². The van der Waals surface area contributed by atoms with E-state index in [9.17, 15) is 9.59 Å². The van der Waals surface area contributed by atoms with Crippen molar-refractivity contribution in [1.82, 2.24) is 5.32 Å². The summed E-state index contributed by atoms with van der Waals surface area (Å²) in [5, 5.41) is 11.7. The lowest BCUT2D eigenvalue weighted by Crippen LogP contribution is -2.33. The lowest BCUT2D eigenvalue weighted by Gasteiger charge is -2.15. The smallest absolute Gasteiger partial charge is 0.310 e. The summed E-state index contributed by atoms with van der Waals surface area (Å²) in [7, 11) is 0. The van der Waals surface area contributed by atoms with E-state index in [2.05, 4.69) is 11.4 Å². The third kappa shape index (κ3) is 3.45. The Bertz CT molecular complexity index is 398. The SMILES string of the molecule is O=C(CC1=CCCCC1)NC1C=CC(C(=O)O)C1. The number of hydrogen-bond acceptors (Lipinski definition) is 2. The van der Waals surface area contributed by atoms with Gasteiger partial charge in [0.15, 0.2) is 0 Å². The first kappa shape index (κ1) is 12.9. The number of rotatable bonds is 4. The minimum atomic E-state index is -0.821. The van der Waals surface area contributed by atoms with Gasteiger partial charge in [0.2, 0.25) is 5.91 Å². The summed E-state index contributed by atoms with van der Waals surface area (Å²) in [5.41, 5.74) is 1.22. The number of allylic oxidation sites excluding steroid dienone is 1. The molecule has 0 bridgehead atoms. The van der Waals surface area contributed by atoms with Crippen molar-refractivity contribution in [2.75, 3.05) is 0 Å². The normalized spacial score (nSPS) is 26.8. The van der Waals surface area contributed by atoms with E-state index in [4.69, 9.17) is 5.11 Å². The Labute approximate surface area is 107 Å². The fourth-order valence-corrected chi connectivity index (χ4v) is 2.52. The molecule has 2 N–H and O–H groups in total. The van der Waals surface area contributed by atoms with Gasteiger partial charge in [-0.25, -0.2) is 0 Å². The van der Waals surface area contributed by atoms with Gasteiger partial charge >= 0.3 is 5.97 Å². The third-order valence-corrected chi connectivity index (χ3v) is 3.52. The summed E-state index contributed by atoms with van der Waals surface area (Å²) in [4.78, 5) is 22.6. The molecule has 2 unspecified atom stereocenters. The Kier molecular flexibility index (Phi) is 4.18. The van der Waals surface area contributed by atoms with Crippen LogP contribution in [0.4, 0.5) is 0 Å². The standard InChI is InChI=1S/C14H19NO3/c16-13(8-10-4-2-1-3-5-10)15-12-7-6-11(9-12)14(17)18/h4,6-7,11-12H,1-3,5,8-9H2,(H,15,16)(H,17,18). The minimum Gasteiger partial charge on any atom is -0.481 e. The molecule has 0 fully saturated rings. The lowest BCUT2D eigenvalue weighted by molar-refractivity contribution is -0.140. The first-order valence-electron chi connectivity index (χ1n) is 6.53. The van der Waals surface area contributed by atoms with Gasteiger partial charge in [0.25, 0.3) is 0 Å². The summed E-state index contributed by atoms with van der Waals surface area (Å²) in [6.45, 7) is 0. The highest BCUT2D eigenvalue weighted by Gasteiger charge is 2.25. The summed E-state index contributed by atoms with van der Waals surface area (Å²) in [6, 6.07) is -0.122. The molecule has 0 saturated carbocycles. The van der Waals surface area contributed by atoms with E-state index in [0.717, 1.165) is 12.8 Å². The van der Waals surface area contributed by atoms with Gasteiger partial charge in [-0.3, -0.25) is 9.59 Å². The summed E-state index contributed by atoms with van der Waals surface area (Å²) in [5.74, 6) is -1.27. The van der Waals surface area contributed by atoms with Gasteiger partial charge in [0.1, 0.15) is 0 Å². The molecule has 18 heavy (non-hydrogen) atoms. The van der Waals surface area contributed by atoms with Gasteiger partial charge in [-0.1, -0.05) is 23.8 Å². The highest BCUT2D eigenvalue weighted by molar-refractivity contribution is 5.79. The lowest BCUT2D eigenvalue weighted by atomic mass is 9.97. The molecule has 0 aromatic carbocycles. The van der Waals surface area contributed by atoms with E-state index >= 15 is 0 Å². The van der Waals surface area contributed by atoms with Crippen molar-refractivity contribution in [3.05, 3.63) is 23.8 Å². The molecular formula is C14H19NO3. The minimum absolute atomic E-state index is 0.00355. The van der Waals surface area contributed by atoms with Crippen LogP contribution in [-0.2, 0) is 9.59 Å². The van der Waals surface area contributed by atoms with Crippen molar-refractivity contribution in [3.63, 3.8) is 0 Å². The largest absolute Gasteiger partial charge is 0.481 e. The Hall–Kier alpha value is -1.58. The van der Waals surface area contributed by atoms with Crippen LogP contribution in [0.15, 0.2) is 23.8 Å². The first-order valence-corrected chi connectivity index (χ1v) is 6.53. The van der Waals surface area contributed by atoms with Gasteiger partial charge in [-0.05, 0) is 32.1 Å². The molecule has 0 saturated heterocycles. The molecule has 0 aliphatic heterocycles. The summed E-state index contributed by atoms with van der Waals surface area (Å²) >= 11 is 0. The third-order valence-electron chi connectivity index (χ3n) is 3.52. The molecule has 0 radical (unpaired) electrons. The van der Waals surface area contributed by atoms with Crippen molar-refractivity contribution >= 4 is 11.9 Å². The van der Waals surface area contributed by atoms with Crippen molar-refractivity contribution in [1.29, 1.82) is 0 Å². The maximum absolute atomic E-state index is 11.8. The Balaban J connectivity index is 1.77. The van der Waals surface area contributed by atoms with Crippen LogP contribution in [0, 0.1) is 5.92 Å². The van der Waals surface area contributed by atoms with Crippen LogP contribution in [0.5, 0.6) is 0 Å². The van der Waals surface area contributed by atoms with Crippen LogP contribution in [0.2, 0.25) is 0 Å². The highest BCUT2D eigenvalue weighted by Crippen LogP contribution is 2.21. The van der Waals surface area contributed by atoms with Crippen molar-refractivity contribution in [3.8, 4) is 0 Å². The zero-order valence-electron chi connectivity index (χ0n) is 10.4. The number of aliphatic carboxylic acids is 1. The van der Waals surface area contributed by atoms with Gasteiger partial charge in [-0.2, -0.15) is 0 Å². The molecule has 1 amide bonds. The fourth-order valence-electron chi connectivity index (χ4n) is 2.52. The molecule has 98 valence electrons. The number of carboxylic acid groups (broad SMARTS) is 1. The van der Waals surface area contributed by atoms with Crippen molar-refractivity contribution in [2.45, 2.75) is 44.6 Å². The average molecular weight is 249 g/mol. The van der Waals surface area contributed by atoms with Crippen molar-refractivity contribution in [2.24, 2.45) is 5.92 Å². The Morgan fingerprint density at radius 1 is 1.33 bits per heavy atom. The molecule has 0 aromatic rings. The van der Waals surface area contributed by atoms with Crippen LogP contribution in [0.3, 0.4) is 0 Å². The molecule has 2 aliphatic rings. The predicted octanol–water partition coefficient (Wildman–Crippen LogP) is 2.02. The maximum atomic E-state index is 11.8. The summed E-state index contributed by atoms with van der Waals surface area (Å²) < 4.78 is 0. The zero-order valence-corrected chi connectivity index (χ0v) is 10.4. The van der Waals surface area contributed by atoms with E-state index in [0.29, 0.717) is 12.8 Å². The Morgan fingerprint density at radius 3 is 2.78 bits per heavy atom. The van der Waals surface area contributed by atoms with E-state index in [-0.39, 0.29) is 11.9 Å². The first-order chi connectivity index (χ1) is 8.65. The van der Waals surface area contributed by atoms with Crippen LogP contribution in [-0.4, -0.2) is 23.0 Å². The van der Waals surface area contributed by atoms with E-state index < -0.39 is 11.9 Å². The van der Waals surface area contributed by atoms with Crippen LogP contribution in [0.25, 0.3) is 0 Å². The molecule has 2 aliphatic carbocycles.